The Hall–Kier alpha value is -7.55. The minimum Gasteiger partial charge on any atom is -0.309 e. The van der Waals surface area contributed by atoms with Crippen LogP contribution in [0.15, 0.2) is 194 Å². The third kappa shape index (κ3) is 4.73. The summed E-state index contributed by atoms with van der Waals surface area (Å²) >= 11 is 0. The second-order valence-corrected chi connectivity index (χ2v) is 17.1. The van der Waals surface area contributed by atoms with E-state index in [-0.39, 0.29) is 5.41 Å². The van der Waals surface area contributed by atoms with Crippen molar-refractivity contribution in [2.75, 3.05) is 0 Å². The molecule has 2 nitrogen and oxygen atoms in total. The highest BCUT2D eigenvalue weighted by Gasteiger charge is 2.35. The summed E-state index contributed by atoms with van der Waals surface area (Å²) < 4.78 is 2.41. The van der Waals surface area contributed by atoms with Crippen LogP contribution in [0.25, 0.3) is 116 Å². The molecule has 0 unspecified atom stereocenters. The molecule has 0 N–H and O–H groups in total. The van der Waals surface area contributed by atoms with E-state index in [1.807, 2.05) is 0 Å². The van der Waals surface area contributed by atoms with Gasteiger partial charge in [-0.1, -0.05) is 141 Å². The Balaban J connectivity index is 0.915. The zero-order valence-corrected chi connectivity index (χ0v) is 33.4. The smallest absolute Gasteiger partial charge is 0.0722 e. The monoisotopic (exact) mass is 762 g/mol. The second-order valence-electron chi connectivity index (χ2n) is 17.1. The van der Waals surface area contributed by atoms with Crippen LogP contribution in [0, 0.1) is 0 Å². The molecule has 9 aromatic carbocycles. The summed E-state index contributed by atoms with van der Waals surface area (Å²) in [6.45, 7) is 4.72. The Kier molecular flexibility index (Phi) is 6.82. The molecule has 0 saturated heterocycles. The molecule has 0 radical (unpaired) electrons. The number of hydrogen-bond donors (Lipinski definition) is 0. The molecule has 2 heterocycles. The Morgan fingerprint density at radius 3 is 1.68 bits per heavy atom. The standard InChI is InChI=1S/C58H38N2/c1-58(2)51-17-9-8-15-45(51)46-26-23-40(33-52(46)58)39-25-28-56-49(32-39)48-31-38(24-27-55(48)60(56)42-11-4-3-5-12-42)36-19-20-37-30-41(22-21-35(37)29-36)54-34-50-44-14-7-6-13-43(44)47-16-10-18-53(59-54)57(47)50/h3-34H,1-2H3. The van der Waals surface area contributed by atoms with Gasteiger partial charge in [-0.25, -0.2) is 4.98 Å². The van der Waals surface area contributed by atoms with E-state index < -0.39 is 0 Å². The molecule has 0 bridgehead atoms. The van der Waals surface area contributed by atoms with E-state index in [0.717, 1.165) is 22.5 Å². The molecule has 13 rings (SSSR count). The normalized spacial score (nSPS) is 13.3. The van der Waals surface area contributed by atoms with Crippen molar-refractivity contribution in [3.63, 3.8) is 0 Å². The average Bonchev–Trinajstić information content (AvgIpc) is 3.89. The van der Waals surface area contributed by atoms with Crippen molar-refractivity contribution in [2.24, 2.45) is 0 Å². The fourth-order valence-corrected chi connectivity index (χ4v) is 10.5. The molecule has 2 aliphatic rings. The van der Waals surface area contributed by atoms with Gasteiger partial charge in [0.25, 0.3) is 0 Å². The van der Waals surface area contributed by atoms with Gasteiger partial charge in [-0.15, -0.1) is 0 Å². The van der Waals surface area contributed by atoms with Gasteiger partial charge in [0.2, 0.25) is 0 Å². The van der Waals surface area contributed by atoms with Crippen molar-refractivity contribution in [1.82, 2.24) is 9.55 Å². The maximum Gasteiger partial charge on any atom is 0.0722 e. The third-order valence-electron chi connectivity index (χ3n) is 13.5. The minimum absolute atomic E-state index is 0.0492. The molecule has 60 heavy (non-hydrogen) atoms. The average molecular weight is 763 g/mol. The van der Waals surface area contributed by atoms with Gasteiger partial charge in [0.15, 0.2) is 0 Å². The molecule has 2 heteroatoms. The van der Waals surface area contributed by atoms with Crippen LogP contribution in [-0.2, 0) is 5.41 Å². The summed E-state index contributed by atoms with van der Waals surface area (Å²) in [6, 6.07) is 71.9. The highest BCUT2D eigenvalue weighted by atomic mass is 15.0. The summed E-state index contributed by atoms with van der Waals surface area (Å²) in [5, 5.41) is 6.17. The molecule has 0 atom stereocenters. The molecule has 2 aliphatic carbocycles. The van der Waals surface area contributed by atoms with Gasteiger partial charge in [0.05, 0.1) is 22.2 Å². The van der Waals surface area contributed by atoms with Crippen molar-refractivity contribution >= 4 is 43.5 Å². The summed E-state index contributed by atoms with van der Waals surface area (Å²) in [6.07, 6.45) is 0. The molecular formula is C58H38N2. The Labute approximate surface area is 348 Å². The van der Waals surface area contributed by atoms with Crippen LogP contribution in [0.3, 0.4) is 0 Å². The molecule has 0 amide bonds. The number of benzene rings is 9. The lowest BCUT2D eigenvalue weighted by Crippen LogP contribution is -2.14. The maximum absolute atomic E-state index is 5.19. The van der Waals surface area contributed by atoms with Crippen LogP contribution in [0.5, 0.6) is 0 Å². The number of rotatable bonds is 4. The highest BCUT2D eigenvalue weighted by Crippen LogP contribution is 2.50. The number of para-hydroxylation sites is 1. The van der Waals surface area contributed by atoms with Crippen LogP contribution in [0.2, 0.25) is 0 Å². The Morgan fingerprint density at radius 2 is 0.933 bits per heavy atom. The van der Waals surface area contributed by atoms with Gasteiger partial charge in [-0.3, -0.25) is 0 Å². The van der Waals surface area contributed by atoms with Gasteiger partial charge in [0.1, 0.15) is 0 Å². The van der Waals surface area contributed by atoms with Gasteiger partial charge >= 0.3 is 0 Å². The van der Waals surface area contributed by atoms with Crippen molar-refractivity contribution in [2.45, 2.75) is 19.3 Å². The van der Waals surface area contributed by atoms with E-state index in [9.17, 15) is 0 Å². The molecule has 2 aromatic heterocycles. The first kappa shape index (κ1) is 33.4. The number of hydrogen-bond acceptors (Lipinski definition) is 1. The minimum atomic E-state index is -0.0492. The fourth-order valence-electron chi connectivity index (χ4n) is 10.5. The van der Waals surface area contributed by atoms with Crippen LogP contribution >= 0.6 is 0 Å². The van der Waals surface area contributed by atoms with Gasteiger partial charge in [-0.2, -0.15) is 0 Å². The SMILES string of the molecule is CC1(C)c2ccccc2-c2ccc(-c3ccc4c(c3)c3cc(-c5ccc6cc(-c7cc8c9c(cccc9n7)-c7ccccc7-8)ccc6c5)ccc3n4-c3ccccc3)cc21. The van der Waals surface area contributed by atoms with E-state index in [1.54, 1.807) is 0 Å². The molecule has 11 aromatic rings. The van der Waals surface area contributed by atoms with Crippen LogP contribution in [-0.4, -0.2) is 9.55 Å². The number of nitrogens with zero attached hydrogens (tertiary/aromatic N) is 2. The van der Waals surface area contributed by atoms with Crippen molar-refractivity contribution < 1.29 is 0 Å². The van der Waals surface area contributed by atoms with Gasteiger partial charge in [-0.05, 0) is 144 Å². The quantitative estimate of drug-likeness (QED) is 0.175. The number of aromatic nitrogens is 2. The van der Waals surface area contributed by atoms with Crippen molar-refractivity contribution in [3.8, 4) is 72.6 Å². The number of fused-ring (bicyclic) bond motifs is 10. The first-order valence-corrected chi connectivity index (χ1v) is 20.9. The van der Waals surface area contributed by atoms with E-state index >= 15 is 0 Å². The van der Waals surface area contributed by atoms with Crippen LogP contribution in [0.1, 0.15) is 25.0 Å². The zero-order valence-electron chi connectivity index (χ0n) is 33.4. The topological polar surface area (TPSA) is 17.8 Å². The van der Waals surface area contributed by atoms with Crippen molar-refractivity contribution in [1.29, 1.82) is 0 Å². The van der Waals surface area contributed by atoms with Gasteiger partial charge in [0, 0.05) is 32.8 Å². The van der Waals surface area contributed by atoms with E-state index in [0.29, 0.717) is 0 Å². The lowest BCUT2D eigenvalue weighted by molar-refractivity contribution is 0.660. The van der Waals surface area contributed by atoms with Gasteiger partial charge < -0.3 is 4.57 Å². The molecular weight excluding hydrogens is 725 g/mol. The molecule has 0 aliphatic heterocycles. The first-order chi connectivity index (χ1) is 29.5. The largest absolute Gasteiger partial charge is 0.309 e. The molecule has 0 spiro atoms. The maximum atomic E-state index is 5.19. The van der Waals surface area contributed by atoms with Crippen LogP contribution in [0.4, 0.5) is 0 Å². The van der Waals surface area contributed by atoms with E-state index in [4.69, 9.17) is 4.98 Å². The summed E-state index contributed by atoms with van der Waals surface area (Å²) in [5.41, 5.74) is 22.2. The summed E-state index contributed by atoms with van der Waals surface area (Å²) in [4.78, 5) is 5.19. The van der Waals surface area contributed by atoms with Crippen LogP contribution < -0.4 is 0 Å². The Morgan fingerprint density at radius 1 is 0.383 bits per heavy atom. The fraction of sp³-hybridized carbons (Fsp3) is 0.0517. The third-order valence-corrected chi connectivity index (χ3v) is 13.5. The lowest BCUT2D eigenvalue weighted by atomic mass is 9.81. The zero-order chi connectivity index (χ0) is 39.7. The highest BCUT2D eigenvalue weighted by molar-refractivity contribution is 6.15. The predicted molar refractivity (Wildman–Crippen MR) is 252 cm³/mol. The second kappa shape index (κ2) is 12.2. The lowest BCUT2D eigenvalue weighted by Gasteiger charge is -2.22. The molecule has 0 saturated carbocycles. The summed E-state index contributed by atoms with van der Waals surface area (Å²) in [7, 11) is 0. The number of pyridine rings is 1. The summed E-state index contributed by atoms with van der Waals surface area (Å²) in [5.74, 6) is 0. The Bertz CT molecular complexity index is 3620. The van der Waals surface area contributed by atoms with E-state index in [1.165, 1.54) is 105 Å². The van der Waals surface area contributed by atoms with Crippen molar-refractivity contribution in [3.05, 3.63) is 205 Å². The molecule has 280 valence electrons. The molecule has 0 fully saturated rings. The van der Waals surface area contributed by atoms with E-state index in [2.05, 4.69) is 213 Å². The predicted octanol–water partition coefficient (Wildman–Crippen LogP) is 15.4. The first-order valence-electron chi connectivity index (χ1n) is 20.9.